The van der Waals surface area contributed by atoms with Crippen molar-refractivity contribution < 1.29 is 0 Å². The largest absolute Gasteiger partial charge is 0.278 e. The van der Waals surface area contributed by atoms with Gasteiger partial charge in [-0.3, -0.25) is 8.61 Å². The van der Waals surface area contributed by atoms with Crippen molar-refractivity contribution in [3.05, 3.63) is 216 Å². The van der Waals surface area contributed by atoms with Gasteiger partial charge in [-0.05, 0) is 70.4 Å². The number of para-hydroxylation sites is 2. The van der Waals surface area contributed by atoms with Crippen molar-refractivity contribution in [2.24, 2.45) is 0 Å². The van der Waals surface area contributed by atoms with E-state index in [4.69, 9.17) is 0 Å². The molecule has 0 N–H and O–H groups in total. The maximum atomic E-state index is 2.44. The Kier molecular flexibility index (Phi) is 7.81. The van der Waals surface area contributed by atoms with Crippen LogP contribution in [0, 0.1) is 0 Å². The fourth-order valence-corrected chi connectivity index (χ4v) is 8.47. The lowest BCUT2D eigenvalue weighted by atomic mass is 9.92. The summed E-state index contributed by atoms with van der Waals surface area (Å²) < 4.78 is 4.88. The Morgan fingerprint density at radius 3 is 0.848 bits per heavy atom. The molecule has 0 aromatic heterocycles. The van der Waals surface area contributed by atoms with Crippen LogP contribution in [0.4, 0.5) is 11.4 Å². The molecule has 6 aromatic rings. The molecule has 0 radical (unpaired) electrons. The Bertz CT molecular complexity index is 1900. The van der Waals surface area contributed by atoms with Crippen molar-refractivity contribution in [3.63, 3.8) is 0 Å². The summed E-state index contributed by atoms with van der Waals surface area (Å²) in [5, 5.41) is 0. The summed E-state index contributed by atoms with van der Waals surface area (Å²) >= 11 is 3.61. The fraction of sp³-hybridized carbons (Fsp3) is 0. The molecule has 2 nitrogen and oxygen atoms in total. The van der Waals surface area contributed by atoms with Gasteiger partial charge >= 0.3 is 0 Å². The van der Waals surface area contributed by atoms with Crippen molar-refractivity contribution in [3.8, 4) is 0 Å². The van der Waals surface area contributed by atoms with Gasteiger partial charge in [0.25, 0.3) is 0 Å². The number of nitrogens with zero attached hydrogens (tertiary/aromatic N) is 2. The molecule has 2 heterocycles. The summed E-state index contributed by atoms with van der Waals surface area (Å²) in [7, 11) is 0. The van der Waals surface area contributed by atoms with Gasteiger partial charge in [0.1, 0.15) is 0 Å². The summed E-state index contributed by atoms with van der Waals surface area (Å²) in [6, 6.07) is 64.9. The molecule has 0 saturated carbocycles. The molecule has 46 heavy (non-hydrogen) atoms. The molecule has 4 heteroatoms. The van der Waals surface area contributed by atoms with Crippen LogP contribution in [0.5, 0.6) is 0 Å². The zero-order valence-electron chi connectivity index (χ0n) is 25.0. The molecule has 0 fully saturated rings. The lowest BCUT2D eigenvalue weighted by Crippen LogP contribution is -2.20. The van der Waals surface area contributed by atoms with Crippen molar-refractivity contribution in [1.82, 2.24) is 0 Å². The van der Waals surface area contributed by atoms with Gasteiger partial charge in [-0.25, -0.2) is 0 Å². The number of benzene rings is 6. The van der Waals surface area contributed by atoms with Crippen molar-refractivity contribution in [2.45, 2.75) is 0 Å². The molecular formula is C42H30N2S2. The molecule has 220 valence electrons. The maximum absolute atomic E-state index is 2.44. The minimum absolute atomic E-state index is 1.13. The van der Waals surface area contributed by atoms with Crippen LogP contribution in [0.25, 0.3) is 21.0 Å². The lowest BCUT2D eigenvalue weighted by Gasteiger charge is -2.28. The molecule has 2 aliphatic heterocycles. The van der Waals surface area contributed by atoms with E-state index >= 15 is 0 Å². The van der Waals surface area contributed by atoms with E-state index in [1.165, 1.54) is 54.6 Å². The summed E-state index contributed by atoms with van der Waals surface area (Å²) in [6.07, 6.45) is 0. The van der Waals surface area contributed by atoms with Gasteiger partial charge in [0.15, 0.2) is 0 Å². The van der Waals surface area contributed by atoms with Gasteiger partial charge < -0.3 is 0 Å². The third-order valence-corrected chi connectivity index (χ3v) is 10.5. The molecule has 6 aromatic carbocycles. The van der Waals surface area contributed by atoms with Gasteiger partial charge in [0.2, 0.25) is 0 Å². The van der Waals surface area contributed by atoms with Crippen LogP contribution in [-0.4, -0.2) is 0 Å². The summed E-state index contributed by atoms with van der Waals surface area (Å²) in [6.45, 7) is 0. The number of anilines is 2. The molecule has 0 unspecified atom stereocenters. The number of rotatable bonds is 6. The van der Waals surface area contributed by atoms with E-state index in [0.29, 0.717) is 0 Å². The van der Waals surface area contributed by atoms with E-state index < -0.39 is 0 Å². The van der Waals surface area contributed by atoms with E-state index in [1.807, 2.05) is 0 Å². The Morgan fingerprint density at radius 1 is 0.283 bits per heavy atom. The Hall–Kier alpha value is -5.16. The molecule has 8 rings (SSSR count). The van der Waals surface area contributed by atoms with Gasteiger partial charge in [-0.15, -0.1) is 0 Å². The van der Waals surface area contributed by atoms with Crippen molar-refractivity contribution in [2.75, 3.05) is 8.61 Å². The van der Waals surface area contributed by atoms with Crippen LogP contribution < -0.4 is 8.61 Å². The maximum Gasteiger partial charge on any atom is 0.0872 e. The molecule has 0 aliphatic carbocycles. The minimum Gasteiger partial charge on any atom is -0.278 e. The third kappa shape index (κ3) is 5.26. The van der Waals surface area contributed by atoms with E-state index in [2.05, 4.69) is 191 Å². The first-order chi connectivity index (χ1) is 22.9. The van der Waals surface area contributed by atoms with Crippen LogP contribution in [-0.2, 0) is 0 Å². The van der Waals surface area contributed by atoms with Crippen LogP contribution in [0.15, 0.2) is 193 Å². The average Bonchev–Trinajstić information content (AvgIpc) is 3.74. The second-order valence-electron chi connectivity index (χ2n) is 11.0. The van der Waals surface area contributed by atoms with Gasteiger partial charge in [0, 0.05) is 21.0 Å². The molecule has 0 saturated heterocycles. The smallest absolute Gasteiger partial charge is 0.0872 e. The molecule has 2 aliphatic rings. The standard InChI is InChI=1S/C42H30N2S2/c1-7-19-31(20-8-1)37-39(43(35-27-15-5-16-28-35)45-41(37)33-23-11-3-12-24-33)40-38(32-21-9-2-10-22-32)42(34-25-13-4-14-26-34)46-44(40)36-29-17-6-18-30-36/h1-30H/b40-39+. The summed E-state index contributed by atoms with van der Waals surface area (Å²) in [4.78, 5) is 2.47. The first kappa shape index (κ1) is 28.3. The fourth-order valence-electron chi connectivity index (χ4n) is 6.02. The first-order valence-corrected chi connectivity index (χ1v) is 16.9. The Labute approximate surface area is 279 Å². The highest BCUT2D eigenvalue weighted by atomic mass is 32.2. The molecule has 0 atom stereocenters. The predicted molar refractivity (Wildman–Crippen MR) is 199 cm³/mol. The SMILES string of the molecule is c1ccc(C2=C(c3ccccc3)/C(=C3/C(c4ccccc4)=C(c4ccccc4)SN3c3ccccc3)N(c3ccccc3)S2)cc1. The summed E-state index contributed by atoms with van der Waals surface area (Å²) in [5.74, 6) is 0. The Morgan fingerprint density at radius 2 is 0.543 bits per heavy atom. The first-order valence-electron chi connectivity index (χ1n) is 15.4. The highest BCUT2D eigenvalue weighted by Crippen LogP contribution is 2.60. The van der Waals surface area contributed by atoms with Crippen LogP contribution >= 0.6 is 23.9 Å². The number of hydrogen-bond donors (Lipinski definition) is 0. The molecular weight excluding hydrogens is 597 g/mol. The topological polar surface area (TPSA) is 6.48 Å². The van der Waals surface area contributed by atoms with Crippen molar-refractivity contribution >= 4 is 56.2 Å². The number of hydrogen-bond acceptors (Lipinski definition) is 4. The molecule has 0 amide bonds. The average molecular weight is 627 g/mol. The van der Waals surface area contributed by atoms with E-state index in [-0.39, 0.29) is 0 Å². The van der Waals surface area contributed by atoms with Gasteiger partial charge in [-0.2, -0.15) is 0 Å². The van der Waals surface area contributed by atoms with Crippen LogP contribution in [0.1, 0.15) is 22.3 Å². The van der Waals surface area contributed by atoms with E-state index in [9.17, 15) is 0 Å². The minimum atomic E-state index is 1.13. The zero-order valence-corrected chi connectivity index (χ0v) is 26.7. The third-order valence-electron chi connectivity index (χ3n) is 8.10. The highest BCUT2D eigenvalue weighted by Gasteiger charge is 2.41. The van der Waals surface area contributed by atoms with Gasteiger partial charge in [-0.1, -0.05) is 158 Å². The second-order valence-corrected chi connectivity index (χ2v) is 12.9. The Balaban J connectivity index is 1.53. The van der Waals surface area contributed by atoms with E-state index in [0.717, 1.165) is 11.4 Å². The predicted octanol–water partition coefficient (Wildman–Crippen LogP) is 11.7. The monoisotopic (exact) mass is 626 g/mol. The normalized spacial score (nSPS) is 16.4. The van der Waals surface area contributed by atoms with Crippen LogP contribution in [0.2, 0.25) is 0 Å². The highest BCUT2D eigenvalue weighted by molar-refractivity contribution is 8.11. The van der Waals surface area contributed by atoms with Gasteiger partial charge in [0.05, 0.1) is 22.8 Å². The second kappa shape index (κ2) is 12.7. The van der Waals surface area contributed by atoms with Crippen molar-refractivity contribution in [1.29, 1.82) is 0 Å². The van der Waals surface area contributed by atoms with Crippen LogP contribution in [0.3, 0.4) is 0 Å². The summed E-state index contributed by atoms with van der Waals surface area (Å²) in [5.41, 5.74) is 11.8. The quantitative estimate of drug-likeness (QED) is 0.170. The molecule has 0 bridgehead atoms. The molecule has 0 spiro atoms. The van der Waals surface area contributed by atoms with E-state index in [1.54, 1.807) is 23.9 Å². The zero-order chi connectivity index (χ0) is 30.7. The lowest BCUT2D eigenvalue weighted by molar-refractivity contribution is 1.26. The number of allylic oxidation sites excluding steroid dienone is 2.